The molecule has 0 atom stereocenters. The van der Waals surface area contributed by atoms with E-state index in [9.17, 15) is 9.59 Å². The Morgan fingerprint density at radius 2 is 2.12 bits per heavy atom. The Bertz CT molecular complexity index is 490. The van der Waals surface area contributed by atoms with E-state index in [4.69, 9.17) is 5.26 Å². The zero-order valence-corrected chi connectivity index (χ0v) is 9.01. The Labute approximate surface area is 97.9 Å². The molecule has 1 saturated heterocycles. The van der Waals surface area contributed by atoms with Crippen molar-refractivity contribution in [2.45, 2.75) is 6.54 Å². The number of carbonyl (C=O) groups is 2. The van der Waals surface area contributed by atoms with Crippen LogP contribution in [-0.4, -0.2) is 34.8 Å². The summed E-state index contributed by atoms with van der Waals surface area (Å²) in [4.78, 5) is 28.1. The third-order valence-electron chi connectivity index (χ3n) is 2.43. The van der Waals surface area contributed by atoms with Gasteiger partial charge in [-0.2, -0.15) is 5.26 Å². The number of nitrogens with zero attached hydrogens (tertiary/aromatic N) is 3. The number of imide groups is 1. The van der Waals surface area contributed by atoms with E-state index in [-0.39, 0.29) is 37.1 Å². The van der Waals surface area contributed by atoms with Crippen molar-refractivity contribution < 1.29 is 9.59 Å². The molecule has 0 bridgehead atoms. The quantitative estimate of drug-likeness (QED) is 0.686. The van der Waals surface area contributed by atoms with Crippen molar-refractivity contribution in [2.24, 2.45) is 0 Å². The van der Waals surface area contributed by atoms with Crippen LogP contribution < -0.4 is 5.32 Å². The number of aromatic nitrogens is 1. The molecule has 0 radical (unpaired) electrons. The number of carbonyl (C=O) groups excluding carboxylic acids is 2. The van der Waals surface area contributed by atoms with E-state index in [1.54, 1.807) is 12.1 Å². The van der Waals surface area contributed by atoms with Crippen molar-refractivity contribution in [2.75, 3.05) is 13.1 Å². The second-order valence-electron chi connectivity index (χ2n) is 3.64. The van der Waals surface area contributed by atoms with Crippen LogP contribution in [0, 0.1) is 11.3 Å². The maximum atomic E-state index is 11.5. The molecule has 1 aliphatic heterocycles. The third kappa shape index (κ3) is 2.46. The van der Waals surface area contributed by atoms with Crippen LogP contribution in [0.4, 0.5) is 0 Å². The lowest BCUT2D eigenvalue weighted by Crippen LogP contribution is -2.51. The predicted octanol–water partition coefficient (Wildman–Crippen LogP) is -0.588. The smallest absolute Gasteiger partial charge is 0.243 e. The van der Waals surface area contributed by atoms with Gasteiger partial charge >= 0.3 is 0 Å². The zero-order chi connectivity index (χ0) is 12.3. The second-order valence-corrected chi connectivity index (χ2v) is 3.64. The summed E-state index contributed by atoms with van der Waals surface area (Å²) in [6, 6.07) is 5.17. The van der Waals surface area contributed by atoms with Crippen LogP contribution >= 0.6 is 0 Å². The van der Waals surface area contributed by atoms with Crippen LogP contribution in [0.25, 0.3) is 0 Å². The van der Waals surface area contributed by atoms with Crippen LogP contribution in [0.5, 0.6) is 0 Å². The Balaban J connectivity index is 2.16. The number of nitriles is 1. The number of nitrogens with one attached hydrogen (secondary N) is 1. The molecule has 1 fully saturated rings. The monoisotopic (exact) mass is 230 g/mol. The lowest BCUT2D eigenvalue weighted by molar-refractivity contribution is -0.147. The highest BCUT2D eigenvalue weighted by Gasteiger charge is 2.25. The average molecular weight is 230 g/mol. The molecular weight excluding hydrogens is 220 g/mol. The molecular formula is C11H10N4O2. The van der Waals surface area contributed by atoms with Gasteiger partial charge in [-0.05, 0) is 17.7 Å². The van der Waals surface area contributed by atoms with Gasteiger partial charge in [0.2, 0.25) is 11.8 Å². The van der Waals surface area contributed by atoms with E-state index >= 15 is 0 Å². The van der Waals surface area contributed by atoms with Crippen molar-refractivity contribution >= 4 is 11.8 Å². The third-order valence-corrected chi connectivity index (χ3v) is 2.43. The lowest BCUT2D eigenvalue weighted by Gasteiger charge is -2.25. The molecule has 0 aromatic carbocycles. The standard InChI is InChI=1S/C11H10N4O2/c12-4-9-3-8(1-2-14-9)7-15-10(16)5-13-6-11(15)17/h1-3,13H,5-7H2. The molecule has 86 valence electrons. The molecule has 1 aromatic rings. The first-order valence-corrected chi connectivity index (χ1v) is 5.09. The fourth-order valence-electron chi connectivity index (χ4n) is 1.60. The van der Waals surface area contributed by atoms with Crippen molar-refractivity contribution in [3.63, 3.8) is 0 Å². The highest BCUT2D eigenvalue weighted by atomic mass is 16.2. The van der Waals surface area contributed by atoms with Crippen molar-refractivity contribution in [1.82, 2.24) is 15.2 Å². The minimum atomic E-state index is -0.253. The van der Waals surface area contributed by atoms with Gasteiger partial charge in [0, 0.05) is 6.20 Å². The van der Waals surface area contributed by atoms with Gasteiger partial charge in [-0.1, -0.05) is 0 Å². The van der Waals surface area contributed by atoms with Crippen LogP contribution in [0.3, 0.4) is 0 Å². The van der Waals surface area contributed by atoms with E-state index in [0.717, 1.165) is 5.56 Å². The normalized spacial score (nSPS) is 15.8. The minimum Gasteiger partial charge on any atom is -0.300 e. The maximum absolute atomic E-state index is 11.5. The fraction of sp³-hybridized carbons (Fsp3) is 0.273. The van der Waals surface area contributed by atoms with Gasteiger partial charge in [-0.3, -0.25) is 19.8 Å². The fourth-order valence-corrected chi connectivity index (χ4v) is 1.60. The first-order chi connectivity index (χ1) is 8.20. The second kappa shape index (κ2) is 4.72. The van der Waals surface area contributed by atoms with Gasteiger partial charge in [0.15, 0.2) is 0 Å². The highest BCUT2D eigenvalue weighted by Crippen LogP contribution is 2.07. The number of pyridine rings is 1. The molecule has 6 heteroatoms. The number of amides is 2. The van der Waals surface area contributed by atoms with Crippen LogP contribution in [0.1, 0.15) is 11.3 Å². The Morgan fingerprint density at radius 3 is 2.76 bits per heavy atom. The van der Waals surface area contributed by atoms with Crippen LogP contribution in [0.2, 0.25) is 0 Å². The molecule has 2 amide bonds. The Morgan fingerprint density at radius 1 is 1.41 bits per heavy atom. The van der Waals surface area contributed by atoms with Gasteiger partial charge in [0.1, 0.15) is 11.8 Å². The largest absolute Gasteiger partial charge is 0.300 e. The van der Waals surface area contributed by atoms with Gasteiger partial charge in [0.25, 0.3) is 0 Å². The summed E-state index contributed by atoms with van der Waals surface area (Å²) in [5, 5.41) is 11.4. The molecule has 2 heterocycles. The number of piperazine rings is 1. The van der Waals surface area contributed by atoms with E-state index in [0.29, 0.717) is 0 Å². The summed E-state index contributed by atoms with van der Waals surface area (Å²) < 4.78 is 0. The van der Waals surface area contributed by atoms with Gasteiger partial charge in [0.05, 0.1) is 19.6 Å². The molecule has 1 N–H and O–H groups in total. The minimum absolute atomic E-state index is 0.169. The van der Waals surface area contributed by atoms with Gasteiger partial charge in [-0.25, -0.2) is 4.98 Å². The topological polar surface area (TPSA) is 86.1 Å². The summed E-state index contributed by atoms with van der Waals surface area (Å²) in [5.41, 5.74) is 0.998. The molecule has 6 nitrogen and oxygen atoms in total. The van der Waals surface area contributed by atoms with Gasteiger partial charge in [-0.15, -0.1) is 0 Å². The highest BCUT2D eigenvalue weighted by molar-refractivity contribution is 5.99. The van der Waals surface area contributed by atoms with E-state index in [1.165, 1.54) is 11.1 Å². The number of hydrogen-bond donors (Lipinski definition) is 1. The molecule has 0 spiro atoms. The van der Waals surface area contributed by atoms with Crippen molar-refractivity contribution in [1.29, 1.82) is 5.26 Å². The summed E-state index contributed by atoms with van der Waals surface area (Å²) in [6.07, 6.45) is 1.49. The molecule has 0 saturated carbocycles. The molecule has 17 heavy (non-hydrogen) atoms. The number of hydrogen-bond acceptors (Lipinski definition) is 5. The maximum Gasteiger partial charge on any atom is 0.243 e. The molecule has 0 unspecified atom stereocenters. The lowest BCUT2D eigenvalue weighted by atomic mass is 10.2. The predicted molar refractivity (Wildman–Crippen MR) is 57.4 cm³/mol. The first-order valence-electron chi connectivity index (χ1n) is 5.09. The van der Waals surface area contributed by atoms with Crippen molar-refractivity contribution in [3.05, 3.63) is 29.6 Å². The van der Waals surface area contributed by atoms with E-state index in [2.05, 4.69) is 10.3 Å². The van der Waals surface area contributed by atoms with Crippen molar-refractivity contribution in [3.8, 4) is 6.07 Å². The van der Waals surface area contributed by atoms with E-state index in [1.807, 2.05) is 6.07 Å². The number of rotatable bonds is 2. The Kier molecular flexibility index (Phi) is 3.12. The van der Waals surface area contributed by atoms with Crippen LogP contribution in [-0.2, 0) is 16.1 Å². The molecule has 1 aromatic heterocycles. The van der Waals surface area contributed by atoms with Gasteiger partial charge < -0.3 is 0 Å². The zero-order valence-electron chi connectivity index (χ0n) is 9.01. The Hall–Kier alpha value is -2.26. The molecule has 1 aliphatic rings. The van der Waals surface area contributed by atoms with E-state index < -0.39 is 0 Å². The average Bonchev–Trinajstić information content (AvgIpc) is 2.34. The summed E-state index contributed by atoms with van der Waals surface area (Å²) in [6.45, 7) is 0.528. The summed E-state index contributed by atoms with van der Waals surface area (Å²) >= 11 is 0. The molecule has 2 rings (SSSR count). The SMILES string of the molecule is N#Cc1cc(CN2C(=O)CNCC2=O)ccn1. The van der Waals surface area contributed by atoms with Crippen LogP contribution in [0.15, 0.2) is 18.3 Å². The first kappa shape index (κ1) is 11.2. The summed E-state index contributed by atoms with van der Waals surface area (Å²) in [5.74, 6) is -0.506. The molecule has 0 aliphatic carbocycles. The summed E-state index contributed by atoms with van der Waals surface area (Å²) in [7, 11) is 0.